The summed E-state index contributed by atoms with van der Waals surface area (Å²) < 4.78 is 40.0. The molecule has 0 radical (unpaired) electrons. The second-order valence-electron chi connectivity index (χ2n) is 7.06. The van der Waals surface area contributed by atoms with E-state index in [0.717, 1.165) is 23.6 Å². The first kappa shape index (κ1) is 19.6. The number of hydrogen-bond acceptors (Lipinski definition) is 6. The molecule has 1 saturated carbocycles. The van der Waals surface area contributed by atoms with E-state index in [1.54, 1.807) is 24.5 Å². The fourth-order valence-corrected chi connectivity index (χ4v) is 5.24. The Labute approximate surface area is 170 Å². The van der Waals surface area contributed by atoms with Crippen molar-refractivity contribution in [1.82, 2.24) is 14.7 Å². The van der Waals surface area contributed by atoms with Crippen LogP contribution in [0, 0.1) is 0 Å². The van der Waals surface area contributed by atoms with Crippen molar-refractivity contribution < 1.29 is 17.9 Å². The minimum atomic E-state index is -3.61. The van der Waals surface area contributed by atoms with Crippen LogP contribution < -0.4 is 14.2 Å². The van der Waals surface area contributed by atoms with Crippen LogP contribution in [-0.4, -0.2) is 37.6 Å². The molecule has 0 unspecified atom stereocenters. The molecule has 8 heteroatoms. The molecule has 2 aromatic carbocycles. The van der Waals surface area contributed by atoms with Crippen molar-refractivity contribution in [1.29, 1.82) is 0 Å². The van der Waals surface area contributed by atoms with E-state index in [0.29, 0.717) is 29.5 Å². The first-order valence-corrected chi connectivity index (χ1v) is 11.1. The normalized spacial score (nSPS) is 19.8. The van der Waals surface area contributed by atoms with Crippen molar-refractivity contribution in [3.63, 3.8) is 0 Å². The zero-order valence-electron chi connectivity index (χ0n) is 16.1. The quantitative estimate of drug-likeness (QED) is 0.667. The van der Waals surface area contributed by atoms with Crippen molar-refractivity contribution in [2.45, 2.75) is 42.7 Å². The number of nitrogens with zero attached hydrogens (tertiary/aromatic N) is 2. The van der Waals surface area contributed by atoms with Crippen LogP contribution in [0.15, 0.2) is 59.8 Å². The van der Waals surface area contributed by atoms with E-state index in [9.17, 15) is 8.42 Å². The molecule has 0 aliphatic heterocycles. The van der Waals surface area contributed by atoms with Crippen molar-refractivity contribution in [2.75, 3.05) is 7.11 Å². The minimum Gasteiger partial charge on any atom is -0.477 e. The van der Waals surface area contributed by atoms with Crippen molar-refractivity contribution >= 4 is 20.8 Å². The minimum absolute atomic E-state index is 0.0427. The predicted octanol–water partition coefficient (Wildman–Crippen LogP) is 3.31. The van der Waals surface area contributed by atoms with E-state index in [2.05, 4.69) is 14.7 Å². The molecular weight excluding hydrogens is 390 g/mol. The number of sulfonamides is 1. The lowest BCUT2D eigenvalue weighted by atomic mass is 9.94. The van der Waals surface area contributed by atoms with Crippen molar-refractivity contribution in [3.8, 4) is 11.8 Å². The Kier molecular flexibility index (Phi) is 5.64. The van der Waals surface area contributed by atoms with Gasteiger partial charge in [-0.25, -0.2) is 23.1 Å². The van der Waals surface area contributed by atoms with Gasteiger partial charge in [0, 0.05) is 23.8 Å². The van der Waals surface area contributed by atoms with Gasteiger partial charge in [-0.3, -0.25) is 0 Å². The number of aromatic nitrogens is 2. The summed E-state index contributed by atoms with van der Waals surface area (Å²) in [6.45, 7) is 0. The zero-order valence-corrected chi connectivity index (χ0v) is 16.9. The second kappa shape index (κ2) is 8.34. The van der Waals surface area contributed by atoms with Crippen LogP contribution >= 0.6 is 0 Å². The largest absolute Gasteiger partial charge is 0.477 e. The van der Waals surface area contributed by atoms with Gasteiger partial charge in [0.05, 0.1) is 12.0 Å². The lowest BCUT2D eigenvalue weighted by Crippen LogP contribution is -2.39. The Balaban J connectivity index is 1.41. The molecule has 0 atom stereocenters. The molecule has 1 aliphatic rings. The summed E-state index contributed by atoms with van der Waals surface area (Å²) in [7, 11) is -2.08. The average molecular weight is 413 g/mol. The summed E-state index contributed by atoms with van der Waals surface area (Å²) in [5, 5.41) is 1.64. The van der Waals surface area contributed by atoms with E-state index in [4.69, 9.17) is 9.47 Å². The van der Waals surface area contributed by atoms with Gasteiger partial charge in [0.1, 0.15) is 6.10 Å². The predicted molar refractivity (Wildman–Crippen MR) is 110 cm³/mol. The number of hydrogen-bond donors (Lipinski definition) is 1. The van der Waals surface area contributed by atoms with Gasteiger partial charge in [-0.1, -0.05) is 36.4 Å². The molecule has 1 aromatic heterocycles. The Morgan fingerprint density at radius 3 is 2.38 bits per heavy atom. The van der Waals surface area contributed by atoms with Gasteiger partial charge in [0.25, 0.3) is 11.8 Å². The van der Waals surface area contributed by atoms with Crippen LogP contribution in [0.5, 0.6) is 11.8 Å². The molecule has 0 amide bonds. The topological polar surface area (TPSA) is 90.4 Å². The summed E-state index contributed by atoms with van der Waals surface area (Å²) in [4.78, 5) is 8.57. The summed E-state index contributed by atoms with van der Waals surface area (Å²) in [6, 6.07) is 12.7. The first-order valence-electron chi connectivity index (χ1n) is 9.58. The van der Waals surface area contributed by atoms with Crippen LogP contribution in [0.4, 0.5) is 0 Å². The fourth-order valence-electron chi connectivity index (χ4n) is 3.70. The Hall–Kier alpha value is -2.71. The number of methoxy groups -OCH3 is 1. The van der Waals surface area contributed by atoms with Crippen LogP contribution in [0.2, 0.25) is 0 Å². The van der Waals surface area contributed by atoms with Crippen LogP contribution in [0.1, 0.15) is 25.7 Å². The number of ether oxygens (including phenoxy) is 2. The number of benzene rings is 2. The smallest absolute Gasteiger partial charge is 0.278 e. The highest BCUT2D eigenvalue weighted by Gasteiger charge is 2.28. The van der Waals surface area contributed by atoms with Crippen molar-refractivity contribution in [2.24, 2.45) is 0 Å². The molecule has 29 heavy (non-hydrogen) atoms. The number of nitrogens with one attached hydrogen (secondary N) is 1. The molecule has 152 valence electrons. The van der Waals surface area contributed by atoms with Crippen LogP contribution in [0.25, 0.3) is 10.8 Å². The molecule has 1 heterocycles. The maximum atomic E-state index is 13.0. The SMILES string of the molecule is COc1nccnc1OC1CCC(NS(=O)(=O)c2cccc3ccccc23)CC1. The highest BCUT2D eigenvalue weighted by atomic mass is 32.2. The van der Waals surface area contributed by atoms with E-state index >= 15 is 0 Å². The van der Waals surface area contributed by atoms with Gasteiger partial charge in [0.15, 0.2) is 0 Å². The Morgan fingerprint density at radius 1 is 0.931 bits per heavy atom. The first-order chi connectivity index (χ1) is 14.1. The van der Waals surface area contributed by atoms with E-state index in [-0.39, 0.29) is 12.1 Å². The molecule has 7 nitrogen and oxygen atoms in total. The Morgan fingerprint density at radius 2 is 1.62 bits per heavy atom. The monoisotopic (exact) mass is 413 g/mol. The molecular formula is C21H23N3O4S. The lowest BCUT2D eigenvalue weighted by Gasteiger charge is -2.29. The van der Waals surface area contributed by atoms with Gasteiger partial charge in [-0.2, -0.15) is 0 Å². The summed E-state index contributed by atoms with van der Waals surface area (Å²) in [6.07, 6.45) is 5.89. The summed E-state index contributed by atoms with van der Waals surface area (Å²) in [5.74, 6) is 0.723. The van der Waals surface area contributed by atoms with E-state index < -0.39 is 10.0 Å². The van der Waals surface area contributed by atoms with E-state index in [1.165, 1.54) is 7.11 Å². The van der Waals surface area contributed by atoms with Gasteiger partial charge < -0.3 is 9.47 Å². The lowest BCUT2D eigenvalue weighted by molar-refractivity contribution is 0.132. The third-order valence-electron chi connectivity index (χ3n) is 5.14. The average Bonchev–Trinajstić information content (AvgIpc) is 2.75. The molecule has 0 spiro atoms. The second-order valence-corrected chi connectivity index (χ2v) is 8.74. The van der Waals surface area contributed by atoms with Gasteiger partial charge in [-0.15, -0.1) is 0 Å². The van der Waals surface area contributed by atoms with Crippen molar-refractivity contribution in [3.05, 3.63) is 54.9 Å². The molecule has 1 aliphatic carbocycles. The fraction of sp³-hybridized carbons (Fsp3) is 0.333. The Bertz CT molecular complexity index is 1090. The highest BCUT2D eigenvalue weighted by Crippen LogP contribution is 2.29. The van der Waals surface area contributed by atoms with E-state index in [1.807, 2.05) is 30.3 Å². The molecule has 4 rings (SSSR count). The maximum absolute atomic E-state index is 13.0. The number of rotatable bonds is 6. The maximum Gasteiger partial charge on any atom is 0.278 e. The summed E-state index contributed by atoms with van der Waals surface area (Å²) >= 11 is 0. The third-order valence-corrected chi connectivity index (χ3v) is 6.72. The van der Waals surface area contributed by atoms with Gasteiger partial charge in [-0.05, 0) is 37.1 Å². The summed E-state index contributed by atoms with van der Waals surface area (Å²) in [5.41, 5.74) is 0. The highest BCUT2D eigenvalue weighted by molar-refractivity contribution is 7.89. The third kappa shape index (κ3) is 4.33. The van der Waals surface area contributed by atoms with Gasteiger partial charge >= 0.3 is 0 Å². The van der Waals surface area contributed by atoms with Crippen LogP contribution in [-0.2, 0) is 10.0 Å². The zero-order chi connectivity index (χ0) is 20.3. The molecule has 1 N–H and O–H groups in total. The molecule has 1 fully saturated rings. The molecule has 0 saturated heterocycles. The number of fused-ring (bicyclic) bond motifs is 1. The van der Waals surface area contributed by atoms with Gasteiger partial charge in [0.2, 0.25) is 10.0 Å². The molecule has 3 aromatic rings. The van der Waals surface area contributed by atoms with Crippen LogP contribution in [0.3, 0.4) is 0 Å². The molecule has 0 bridgehead atoms. The standard InChI is InChI=1S/C21H23N3O4S/c1-27-20-21(23-14-13-22-20)28-17-11-9-16(10-12-17)24-29(25,26)19-8-4-6-15-5-2-3-7-18(15)19/h2-8,13-14,16-17,24H,9-12H2,1H3.